The number of nitrogens with zero attached hydrogens (tertiary/aromatic N) is 2. The van der Waals surface area contributed by atoms with E-state index in [1.54, 1.807) is 17.5 Å². The molecule has 6 rings (SSSR count). The molecule has 0 fully saturated rings. The van der Waals surface area contributed by atoms with E-state index in [2.05, 4.69) is 20.8 Å². The van der Waals surface area contributed by atoms with Gasteiger partial charge in [-0.2, -0.15) is 0 Å². The summed E-state index contributed by atoms with van der Waals surface area (Å²) in [5.41, 5.74) is 6.01. The van der Waals surface area contributed by atoms with Gasteiger partial charge in [0.15, 0.2) is 11.9 Å². The molecule has 0 saturated carbocycles. The van der Waals surface area contributed by atoms with E-state index in [9.17, 15) is 4.79 Å². The molecule has 168 valence electrons. The predicted molar refractivity (Wildman–Crippen MR) is 127 cm³/mol. The lowest BCUT2D eigenvalue weighted by Gasteiger charge is -2.15. The molecule has 5 heterocycles. The Balaban J connectivity index is 1.40. The third-order valence-electron chi connectivity index (χ3n) is 6.09. The van der Waals surface area contributed by atoms with Crippen LogP contribution >= 0.6 is 22.9 Å². The van der Waals surface area contributed by atoms with Crippen molar-refractivity contribution in [3.05, 3.63) is 62.9 Å². The molecule has 2 N–H and O–H groups in total. The number of fused-ring (bicyclic) bond motifs is 3. The molecule has 1 amide bonds. The van der Waals surface area contributed by atoms with Crippen LogP contribution in [0.3, 0.4) is 0 Å². The van der Waals surface area contributed by atoms with Crippen molar-refractivity contribution in [2.45, 2.75) is 39.0 Å². The topological polar surface area (TPSA) is 89.3 Å². The first-order valence-corrected chi connectivity index (χ1v) is 12.1. The van der Waals surface area contributed by atoms with Gasteiger partial charge in [0.05, 0.1) is 22.5 Å². The highest BCUT2D eigenvalue weighted by molar-refractivity contribution is 7.19. The maximum atomic E-state index is 11.3. The lowest BCUT2D eigenvalue weighted by molar-refractivity contribution is -0.119. The first kappa shape index (κ1) is 20.7. The molecule has 0 spiro atoms. The summed E-state index contributed by atoms with van der Waals surface area (Å²) in [5, 5.41) is 11.2. The number of nitrogens with one attached hydrogen (secondary N) is 2. The van der Waals surface area contributed by atoms with Crippen LogP contribution in [-0.2, 0) is 30.7 Å². The van der Waals surface area contributed by atoms with E-state index in [-0.39, 0.29) is 12.0 Å². The zero-order valence-corrected chi connectivity index (χ0v) is 19.5. The Kier molecular flexibility index (Phi) is 5.09. The Morgan fingerprint density at radius 1 is 1.33 bits per heavy atom. The van der Waals surface area contributed by atoms with Crippen molar-refractivity contribution in [3.8, 4) is 16.9 Å². The van der Waals surface area contributed by atoms with Crippen LogP contribution in [-0.4, -0.2) is 22.6 Å². The molecule has 33 heavy (non-hydrogen) atoms. The third kappa shape index (κ3) is 3.68. The van der Waals surface area contributed by atoms with Gasteiger partial charge in [0.25, 0.3) is 0 Å². The van der Waals surface area contributed by atoms with E-state index in [1.165, 1.54) is 6.92 Å². The van der Waals surface area contributed by atoms with Crippen LogP contribution in [0.4, 0.5) is 0 Å². The quantitative estimate of drug-likeness (QED) is 0.445. The molecule has 0 bridgehead atoms. The molecular weight excluding hydrogens is 460 g/mol. The lowest BCUT2D eigenvalue weighted by atomic mass is 9.99. The Bertz CT molecular complexity index is 1400. The van der Waals surface area contributed by atoms with E-state index in [0.717, 1.165) is 74.1 Å². The van der Waals surface area contributed by atoms with Gasteiger partial charge >= 0.3 is 0 Å². The van der Waals surface area contributed by atoms with Crippen molar-refractivity contribution in [3.63, 3.8) is 0 Å². The van der Waals surface area contributed by atoms with Crippen LogP contribution in [0.25, 0.3) is 21.3 Å². The molecule has 4 aromatic rings. The minimum absolute atomic E-state index is 0.0578. The zero-order valence-electron chi connectivity index (χ0n) is 17.9. The van der Waals surface area contributed by atoms with Crippen molar-refractivity contribution in [2.75, 3.05) is 6.54 Å². The van der Waals surface area contributed by atoms with E-state index in [0.29, 0.717) is 18.0 Å². The number of halogens is 1. The zero-order chi connectivity index (χ0) is 22.5. The number of hydrogen-bond acceptors (Lipinski definition) is 7. The summed E-state index contributed by atoms with van der Waals surface area (Å²) in [6.07, 6.45) is 3.11. The van der Waals surface area contributed by atoms with Crippen molar-refractivity contribution in [1.29, 1.82) is 0 Å². The van der Waals surface area contributed by atoms with Gasteiger partial charge in [-0.05, 0) is 24.3 Å². The van der Waals surface area contributed by atoms with Crippen LogP contribution < -0.4 is 15.4 Å². The standard InChI is InChI=1S/C24H21ClN4O3S/c1-12(30)28-10-15-9-20-24(33-15)16(2-5-27-20)17-8-14(25)6-13-7-21(31-22(13)17)23-18-11-26-4-3-19(18)29-32-23/h2,5-6,8-9,21,26H,3-4,7,10-11H2,1H3,(H,28,30). The van der Waals surface area contributed by atoms with E-state index >= 15 is 0 Å². The summed E-state index contributed by atoms with van der Waals surface area (Å²) in [6, 6.07) is 7.92. The second-order valence-electron chi connectivity index (χ2n) is 8.35. The second-order valence-corrected chi connectivity index (χ2v) is 9.92. The van der Waals surface area contributed by atoms with Crippen LogP contribution in [0.2, 0.25) is 5.02 Å². The smallest absolute Gasteiger partial charge is 0.217 e. The summed E-state index contributed by atoms with van der Waals surface area (Å²) in [7, 11) is 0. The fourth-order valence-electron chi connectivity index (χ4n) is 4.58. The van der Waals surface area contributed by atoms with Gasteiger partial charge < -0.3 is 19.9 Å². The number of ether oxygens (including phenoxy) is 1. The molecule has 9 heteroatoms. The van der Waals surface area contributed by atoms with Gasteiger partial charge in [-0.1, -0.05) is 16.8 Å². The third-order valence-corrected chi connectivity index (χ3v) is 7.47. The highest BCUT2D eigenvalue weighted by Gasteiger charge is 2.34. The minimum atomic E-state index is -0.232. The number of aromatic nitrogens is 2. The predicted octanol–water partition coefficient (Wildman–Crippen LogP) is 4.56. The number of thiophene rings is 1. The van der Waals surface area contributed by atoms with Crippen molar-refractivity contribution >= 4 is 39.1 Å². The average molecular weight is 481 g/mol. The molecule has 0 aliphatic carbocycles. The highest BCUT2D eigenvalue weighted by Crippen LogP contribution is 2.48. The minimum Gasteiger partial charge on any atom is -0.481 e. The number of carbonyl (C=O) groups excluding carboxylic acids is 1. The van der Waals surface area contributed by atoms with Gasteiger partial charge in [-0.3, -0.25) is 9.78 Å². The Hall–Kier alpha value is -2.94. The number of amides is 1. The summed E-state index contributed by atoms with van der Waals surface area (Å²) < 4.78 is 13.3. The maximum Gasteiger partial charge on any atom is 0.217 e. The number of benzene rings is 1. The largest absolute Gasteiger partial charge is 0.481 e. The molecule has 1 aromatic carbocycles. The number of rotatable bonds is 4. The Morgan fingerprint density at radius 3 is 3.12 bits per heavy atom. The van der Waals surface area contributed by atoms with Crippen molar-refractivity contribution in [2.24, 2.45) is 0 Å². The molecular formula is C24H21ClN4O3S. The molecule has 7 nitrogen and oxygen atoms in total. The first-order valence-electron chi connectivity index (χ1n) is 10.9. The van der Waals surface area contributed by atoms with Gasteiger partial charge in [-0.25, -0.2) is 0 Å². The molecule has 2 aliphatic heterocycles. The first-order chi connectivity index (χ1) is 16.1. The summed E-state index contributed by atoms with van der Waals surface area (Å²) in [5.74, 6) is 1.56. The Morgan fingerprint density at radius 2 is 2.24 bits per heavy atom. The van der Waals surface area contributed by atoms with Crippen LogP contribution in [0, 0.1) is 0 Å². The lowest BCUT2D eigenvalue weighted by Crippen LogP contribution is -2.24. The van der Waals surface area contributed by atoms with E-state index < -0.39 is 0 Å². The average Bonchev–Trinajstić information content (AvgIpc) is 3.52. The monoisotopic (exact) mass is 480 g/mol. The molecule has 3 aromatic heterocycles. The maximum absolute atomic E-state index is 11.3. The highest BCUT2D eigenvalue weighted by atomic mass is 35.5. The molecule has 0 radical (unpaired) electrons. The SMILES string of the molecule is CC(=O)NCc1cc2nccc(-c3cc(Cl)cc4c3OC(c3onc5c3CNCC5)C4)c2s1. The van der Waals surface area contributed by atoms with Gasteiger partial charge in [0, 0.05) is 71.2 Å². The normalized spacial score (nSPS) is 17.0. The van der Waals surface area contributed by atoms with Gasteiger partial charge in [-0.15, -0.1) is 11.3 Å². The second kappa shape index (κ2) is 8.13. The summed E-state index contributed by atoms with van der Waals surface area (Å²) >= 11 is 8.16. The molecule has 1 unspecified atom stereocenters. The number of hydrogen-bond donors (Lipinski definition) is 2. The van der Waals surface area contributed by atoms with Crippen molar-refractivity contribution in [1.82, 2.24) is 20.8 Å². The van der Waals surface area contributed by atoms with Crippen LogP contribution in [0.15, 0.2) is 35.0 Å². The summed E-state index contributed by atoms with van der Waals surface area (Å²) in [6.45, 7) is 3.65. The number of carbonyl (C=O) groups is 1. The van der Waals surface area contributed by atoms with Crippen LogP contribution in [0.5, 0.6) is 5.75 Å². The van der Waals surface area contributed by atoms with E-state index in [1.807, 2.05) is 24.3 Å². The number of pyridine rings is 1. The molecule has 2 aliphatic rings. The Labute approximate surface area is 199 Å². The van der Waals surface area contributed by atoms with Crippen LogP contribution in [0.1, 0.15) is 40.5 Å². The van der Waals surface area contributed by atoms with Crippen molar-refractivity contribution < 1.29 is 14.1 Å². The van der Waals surface area contributed by atoms with E-state index in [4.69, 9.17) is 20.9 Å². The molecule has 0 saturated heterocycles. The van der Waals surface area contributed by atoms with Gasteiger partial charge in [0.2, 0.25) is 5.91 Å². The summed E-state index contributed by atoms with van der Waals surface area (Å²) in [4.78, 5) is 16.9. The fraction of sp³-hybridized carbons (Fsp3) is 0.292. The van der Waals surface area contributed by atoms with Gasteiger partial charge in [0.1, 0.15) is 5.75 Å². The molecule has 1 atom stereocenters. The fourth-order valence-corrected chi connectivity index (χ4v) is 5.91.